The molecule has 0 heterocycles. The van der Waals surface area contributed by atoms with E-state index >= 15 is 0 Å². The van der Waals surface area contributed by atoms with Gasteiger partial charge >= 0.3 is 0 Å². The zero-order chi connectivity index (χ0) is 15.8. The van der Waals surface area contributed by atoms with Crippen LogP contribution in [0.3, 0.4) is 0 Å². The summed E-state index contributed by atoms with van der Waals surface area (Å²) in [5, 5.41) is 3.59. The highest BCUT2D eigenvalue weighted by molar-refractivity contribution is 5.35. The number of unbranched alkanes of at least 4 members (excludes halogenated alkanes) is 1. The van der Waals surface area contributed by atoms with Gasteiger partial charge in [0.15, 0.2) is 0 Å². The Morgan fingerprint density at radius 2 is 1.77 bits per heavy atom. The van der Waals surface area contributed by atoms with Crippen molar-refractivity contribution in [2.45, 2.75) is 46.2 Å². The van der Waals surface area contributed by atoms with E-state index in [1.54, 1.807) is 0 Å². The number of para-hydroxylation sites is 1. The van der Waals surface area contributed by atoms with E-state index in [1.807, 2.05) is 6.07 Å². The van der Waals surface area contributed by atoms with E-state index in [0.29, 0.717) is 0 Å². The fourth-order valence-electron chi connectivity index (χ4n) is 2.38. The minimum absolute atomic E-state index is 0.263. The summed E-state index contributed by atoms with van der Waals surface area (Å²) in [5.74, 6) is 1.000. The summed E-state index contributed by atoms with van der Waals surface area (Å²) in [7, 11) is 0. The highest BCUT2D eigenvalue weighted by atomic mass is 16.5. The minimum Gasteiger partial charge on any atom is -0.493 e. The van der Waals surface area contributed by atoms with Crippen molar-refractivity contribution < 1.29 is 4.74 Å². The van der Waals surface area contributed by atoms with Crippen molar-refractivity contribution in [3.05, 3.63) is 65.2 Å². The van der Waals surface area contributed by atoms with Crippen molar-refractivity contribution in [1.82, 2.24) is 5.32 Å². The van der Waals surface area contributed by atoms with Crippen LogP contribution in [0.15, 0.2) is 48.5 Å². The molecule has 0 fully saturated rings. The molecular weight excluding hydrogens is 270 g/mol. The van der Waals surface area contributed by atoms with Gasteiger partial charge in [-0.3, -0.25) is 0 Å². The smallest absolute Gasteiger partial charge is 0.124 e. The zero-order valence-corrected chi connectivity index (χ0v) is 13.9. The number of nitrogens with one attached hydrogen (secondary N) is 1. The van der Waals surface area contributed by atoms with Crippen LogP contribution >= 0.6 is 0 Å². The minimum atomic E-state index is 0.263. The molecule has 0 saturated carbocycles. The van der Waals surface area contributed by atoms with Crippen LogP contribution in [0, 0.1) is 6.92 Å². The summed E-state index contributed by atoms with van der Waals surface area (Å²) in [5.41, 5.74) is 3.83. The predicted octanol–water partition coefficient (Wildman–Crippen LogP) is 5.02. The van der Waals surface area contributed by atoms with Gasteiger partial charge < -0.3 is 10.1 Å². The lowest BCUT2D eigenvalue weighted by atomic mass is 10.1. The van der Waals surface area contributed by atoms with Crippen LogP contribution in [0.2, 0.25) is 0 Å². The molecule has 2 aromatic rings. The Morgan fingerprint density at radius 1 is 1.05 bits per heavy atom. The third-order valence-electron chi connectivity index (χ3n) is 3.87. The highest BCUT2D eigenvalue weighted by Gasteiger charge is 2.10. The second-order valence-electron chi connectivity index (χ2n) is 5.83. The number of aryl methyl sites for hydroxylation is 1. The van der Waals surface area contributed by atoms with Gasteiger partial charge in [0.05, 0.1) is 6.61 Å². The van der Waals surface area contributed by atoms with E-state index in [9.17, 15) is 0 Å². The van der Waals surface area contributed by atoms with Crippen molar-refractivity contribution in [2.24, 2.45) is 0 Å². The summed E-state index contributed by atoms with van der Waals surface area (Å²) in [6, 6.07) is 17.3. The molecule has 0 aromatic heterocycles. The van der Waals surface area contributed by atoms with E-state index in [-0.39, 0.29) is 6.04 Å². The number of hydrogen-bond donors (Lipinski definition) is 1. The molecule has 1 unspecified atom stereocenters. The maximum Gasteiger partial charge on any atom is 0.124 e. The van der Waals surface area contributed by atoms with Gasteiger partial charge in [-0.2, -0.15) is 0 Å². The average Bonchev–Trinajstić information content (AvgIpc) is 2.55. The van der Waals surface area contributed by atoms with Gasteiger partial charge in [0.2, 0.25) is 0 Å². The molecule has 118 valence electrons. The molecule has 0 aliphatic rings. The zero-order valence-electron chi connectivity index (χ0n) is 13.9. The molecule has 2 heteroatoms. The van der Waals surface area contributed by atoms with Gasteiger partial charge in [0.25, 0.3) is 0 Å². The van der Waals surface area contributed by atoms with E-state index < -0.39 is 0 Å². The van der Waals surface area contributed by atoms with Crippen molar-refractivity contribution in [2.75, 3.05) is 6.61 Å². The summed E-state index contributed by atoms with van der Waals surface area (Å²) in [6.45, 7) is 8.14. The number of hydrogen-bond acceptors (Lipinski definition) is 2. The molecule has 0 spiro atoms. The quantitative estimate of drug-likeness (QED) is 0.690. The molecular formula is C20H27NO. The van der Waals surface area contributed by atoms with Gasteiger partial charge in [-0.15, -0.1) is 0 Å². The van der Waals surface area contributed by atoms with Gasteiger partial charge in [0, 0.05) is 18.2 Å². The van der Waals surface area contributed by atoms with Crippen molar-refractivity contribution in [3.8, 4) is 5.75 Å². The van der Waals surface area contributed by atoms with Crippen LogP contribution in [0.25, 0.3) is 0 Å². The van der Waals surface area contributed by atoms with Crippen LogP contribution in [0.1, 0.15) is 49.4 Å². The lowest BCUT2D eigenvalue weighted by Crippen LogP contribution is -2.19. The number of rotatable bonds is 8. The van der Waals surface area contributed by atoms with Crippen LogP contribution in [0.4, 0.5) is 0 Å². The molecule has 1 N–H and O–H groups in total. The van der Waals surface area contributed by atoms with Crippen molar-refractivity contribution in [3.63, 3.8) is 0 Å². The summed E-state index contributed by atoms with van der Waals surface area (Å²) >= 11 is 0. The topological polar surface area (TPSA) is 21.3 Å². The second kappa shape index (κ2) is 8.60. The van der Waals surface area contributed by atoms with E-state index in [0.717, 1.165) is 31.7 Å². The van der Waals surface area contributed by atoms with E-state index in [2.05, 4.69) is 68.6 Å². The summed E-state index contributed by atoms with van der Waals surface area (Å²) in [6.07, 6.45) is 2.25. The first kappa shape index (κ1) is 16.6. The fourth-order valence-corrected chi connectivity index (χ4v) is 2.38. The van der Waals surface area contributed by atoms with E-state index in [4.69, 9.17) is 4.74 Å². The maximum absolute atomic E-state index is 5.93. The van der Waals surface area contributed by atoms with Gasteiger partial charge in [-0.05, 0) is 31.9 Å². The molecule has 0 aliphatic carbocycles. The first-order valence-corrected chi connectivity index (χ1v) is 8.21. The van der Waals surface area contributed by atoms with E-state index in [1.165, 1.54) is 16.7 Å². The Labute approximate surface area is 134 Å². The Bertz CT molecular complexity index is 562. The predicted molar refractivity (Wildman–Crippen MR) is 93.3 cm³/mol. The molecule has 0 bridgehead atoms. The standard InChI is InChI=1S/C20H27NO/c1-4-5-14-22-20-9-7-6-8-19(20)17(3)21-15-18-12-10-16(2)11-13-18/h6-13,17,21H,4-5,14-15H2,1-3H3. The highest BCUT2D eigenvalue weighted by Crippen LogP contribution is 2.25. The Kier molecular flexibility index (Phi) is 6.47. The first-order valence-electron chi connectivity index (χ1n) is 8.21. The second-order valence-corrected chi connectivity index (χ2v) is 5.83. The number of benzene rings is 2. The first-order chi connectivity index (χ1) is 10.7. The molecule has 1 atom stereocenters. The maximum atomic E-state index is 5.93. The molecule has 0 radical (unpaired) electrons. The summed E-state index contributed by atoms with van der Waals surface area (Å²) < 4.78 is 5.93. The average molecular weight is 297 g/mol. The molecule has 2 rings (SSSR count). The number of ether oxygens (including phenoxy) is 1. The fraction of sp³-hybridized carbons (Fsp3) is 0.400. The molecule has 0 amide bonds. The molecule has 0 aliphatic heterocycles. The van der Waals surface area contributed by atoms with Crippen LogP contribution in [-0.4, -0.2) is 6.61 Å². The van der Waals surface area contributed by atoms with Gasteiger partial charge in [-0.25, -0.2) is 0 Å². The Morgan fingerprint density at radius 3 is 2.50 bits per heavy atom. The van der Waals surface area contributed by atoms with Crippen molar-refractivity contribution in [1.29, 1.82) is 0 Å². The third-order valence-corrected chi connectivity index (χ3v) is 3.87. The van der Waals surface area contributed by atoms with Crippen LogP contribution < -0.4 is 10.1 Å². The lowest BCUT2D eigenvalue weighted by Gasteiger charge is -2.18. The van der Waals surface area contributed by atoms with Crippen LogP contribution in [0.5, 0.6) is 5.75 Å². The largest absolute Gasteiger partial charge is 0.493 e. The lowest BCUT2D eigenvalue weighted by molar-refractivity contribution is 0.303. The Balaban J connectivity index is 1.96. The van der Waals surface area contributed by atoms with Gasteiger partial charge in [-0.1, -0.05) is 61.4 Å². The summed E-state index contributed by atoms with van der Waals surface area (Å²) in [4.78, 5) is 0. The molecule has 2 nitrogen and oxygen atoms in total. The monoisotopic (exact) mass is 297 g/mol. The molecule has 2 aromatic carbocycles. The van der Waals surface area contributed by atoms with Crippen molar-refractivity contribution >= 4 is 0 Å². The van der Waals surface area contributed by atoms with Gasteiger partial charge in [0.1, 0.15) is 5.75 Å². The van der Waals surface area contributed by atoms with Crippen LogP contribution in [-0.2, 0) is 6.54 Å². The third kappa shape index (κ3) is 4.88. The molecule has 0 saturated heterocycles. The Hall–Kier alpha value is -1.80. The molecule has 22 heavy (non-hydrogen) atoms. The SMILES string of the molecule is CCCCOc1ccccc1C(C)NCc1ccc(C)cc1. The normalized spacial score (nSPS) is 12.1.